The number of rotatable bonds is 6. The van der Waals surface area contributed by atoms with Crippen molar-refractivity contribution >= 4 is 5.96 Å². The number of guanidine groups is 1. The van der Waals surface area contributed by atoms with Crippen LogP contribution < -0.4 is 5.73 Å². The number of hydrogen-bond donors (Lipinski definition) is 1. The minimum Gasteiger partial charge on any atom is -0.372 e. The first kappa shape index (κ1) is 14.1. The molecule has 4 nitrogen and oxygen atoms in total. The molecule has 17 heavy (non-hydrogen) atoms. The highest BCUT2D eigenvalue weighted by molar-refractivity contribution is 5.78. The summed E-state index contributed by atoms with van der Waals surface area (Å²) in [7, 11) is 1.87. The van der Waals surface area contributed by atoms with Crippen molar-refractivity contribution < 1.29 is 17.9 Å². The molecule has 0 aromatic carbocycles. The fourth-order valence-corrected chi connectivity index (χ4v) is 1.31. The molecular formula is C10H18F3N3O. The van der Waals surface area contributed by atoms with Gasteiger partial charge in [-0.3, -0.25) is 4.99 Å². The smallest absolute Gasteiger partial charge is 0.372 e. The van der Waals surface area contributed by atoms with Crippen LogP contribution in [0.3, 0.4) is 0 Å². The second kappa shape index (κ2) is 6.09. The average molecular weight is 253 g/mol. The molecule has 7 heteroatoms. The number of ether oxygens (including phenoxy) is 1. The van der Waals surface area contributed by atoms with E-state index in [2.05, 4.69) is 9.73 Å². The molecule has 1 fully saturated rings. The lowest BCUT2D eigenvalue weighted by Crippen LogP contribution is -2.35. The Hall–Kier alpha value is -0.980. The van der Waals surface area contributed by atoms with Gasteiger partial charge < -0.3 is 15.4 Å². The molecule has 0 spiro atoms. The molecule has 0 atom stereocenters. The van der Waals surface area contributed by atoms with Crippen LogP contribution >= 0.6 is 0 Å². The molecule has 0 aromatic heterocycles. The van der Waals surface area contributed by atoms with E-state index in [4.69, 9.17) is 5.73 Å². The van der Waals surface area contributed by atoms with Crippen molar-refractivity contribution in [3.05, 3.63) is 0 Å². The van der Waals surface area contributed by atoms with Crippen LogP contribution in [0.5, 0.6) is 0 Å². The third-order valence-electron chi connectivity index (χ3n) is 2.44. The quantitative estimate of drug-likeness (QED) is 0.442. The van der Waals surface area contributed by atoms with E-state index >= 15 is 0 Å². The van der Waals surface area contributed by atoms with Gasteiger partial charge in [-0.25, -0.2) is 0 Å². The number of aliphatic imine (C=N–C) groups is 1. The van der Waals surface area contributed by atoms with E-state index in [0.717, 1.165) is 12.8 Å². The lowest BCUT2D eigenvalue weighted by atomic mass is 10.4. The molecule has 0 aliphatic heterocycles. The van der Waals surface area contributed by atoms with Crippen LogP contribution in [0.25, 0.3) is 0 Å². The van der Waals surface area contributed by atoms with Gasteiger partial charge in [0, 0.05) is 26.2 Å². The zero-order valence-electron chi connectivity index (χ0n) is 9.83. The van der Waals surface area contributed by atoms with E-state index in [1.165, 1.54) is 0 Å². The Morgan fingerprint density at radius 1 is 1.47 bits per heavy atom. The summed E-state index contributed by atoms with van der Waals surface area (Å²) in [6, 6.07) is 0.486. The molecule has 0 bridgehead atoms. The summed E-state index contributed by atoms with van der Waals surface area (Å²) in [5.74, 6) is 0.448. The zero-order chi connectivity index (χ0) is 12.9. The molecule has 100 valence electrons. The summed E-state index contributed by atoms with van der Waals surface area (Å²) in [5.41, 5.74) is 5.70. The van der Waals surface area contributed by atoms with E-state index in [0.29, 0.717) is 25.0 Å². The van der Waals surface area contributed by atoms with Crippen LogP contribution in [0.2, 0.25) is 0 Å². The molecular weight excluding hydrogens is 235 g/mol. The summed E-state index contributed by atoms with van der Waals surface area (Å²) in [6.07, 6.45) is -1.56. The second-order valence-electron chi connectivity index (χ2n) is 4.10. The van der Waals surface area contributed by atoms with E-state index in [1.54, 1.807) is 0 Å². The Kier molecular flexibility index (Phi) is 5.04. The van der Waals surface area contributed by atoms with E-state index in [1.807, 2.05) is 11.9 Å². The maximum atomic E-state index is 11.7. The lowest BCUT2D eigenvalue weighted by molar-refractivity contribution is -0.173. The van der Waals surface area contributed by atoms with Gasteiger partial charge in [0.1, 0.15) is 6.61 Å². The largest absolute Gasteiger partial charge is 0.411 e. The van der Waals surface area contributed by atoms with Gasteiger partial charge in [-0.05, 0) is 19.3 Å². The summed E-state index contributed by atoms with van der Waals surface area (Å²) < 4.78 is 39.6. The SMILES string of the molecule is CN(C(N)=NCCCOCC(F)(F)F)C1CC1. The fourth-order valence-electron chi connectivity index (χ4n) is 1.31. The minimum atomic E-state index is -4.26. The van der Waals surface area contributed by atoms with Gasteiger partial charge in [0.25, 0.3) is 0 Å². The maximum Gasteiger partial charge on any atom is 0.411 e. The number of nitrogens with two attached hydrogens (primary N) is 1. The van der Waals surface area contributed by atoms with E-state index < -0.39 is 12.8 Å². The van der Waals surface area contributed by atoms with Crippen LogP contribution in [-0.2, 0) is 4.74 Å². The summed E-state index contributed by atoms with van der Waals surface area (Å²) >= 11 is 0. The van der Waals surface area contributed by atoms with Crippen molar-refractivity contribution in [1.29, 1.82) is 0 Å². The normalized spacial score (nSPS) is 17.3. The molecule has 0 heterocycles. The third-order valence-corrected chi connectivity index (χ3v) is 2.44. The van der Waals surface area contributed by atoms with Crippen LogP contribution in [0.15, 0.2) is 4.99 Å². The van der Waals surface area contributed by atoms with Gasteiger partial charge in [-0.1, -0.05) is 0 Å². The summed E-state index contributed by atoms with van der Waals surface area (Å²) in [6.45, 7) is -0.766. The van der Waals surface area contributed by atoms with Gasteiger partial charge in [-0.2, -0.15) is 13.2 Å². The molecule has 0 aromatic rings. The van der Waals surface area contributed by atoms with Crippen molar-refractivity contribution in [3.8, 4) is 0 Å². The summed E-state index contributed by atoms with van der Waals surface area (Å²) in [5, 5.41) is 0. The average Bonchev–Trinajstić information content (AvgIpc) is 3.03. The predicted molar refractivity (Wildman–Crippen MR) is 58.8 cm³/mol. The van der Waals surface area contributed by atoms with Crippen molar-refractivity contribution in [2.24, 2.45) is 10.7 Å². The highest BCUT2D eigenvalue weighted by Gasteiger charge is 2.27. The Labute approximate surface area is 98.6 Å². The Balaban J connectivity index is 2.04. The Morgan fingerprint density at radius 3 is 2.65 bits per heavy atom. The molecule has 2 N–H and O–H groups in total. The van der Waals surface area contributed by atoms with Crippen LogP contribution in [0, 0.1) is 0 Å². The van der Waals surface area contributed by atoms with E-state index in [9.17, 15) is 13.2 Å². The first-order valence-electron chi connectivity index (χ1n) is 5.57. The van der Waals surface area contributed by atoms with Crippen molar-refractivity contribution in [3.63, 3.8) is 0 Å². The number of halogens is 3. The van der Waals surface area contributed by atoms with Crippen LogP contribution in [0.1, 0.15) is 19.3 Å². The maximum absolute atomic E-state index is 11.7. The molecule has 0 unspecified atom stereocenters. The van der Waals surface area contributed by atoms with Gasteiger partial charge in [-0.15, -0.1) is 0 Å². The molecule has 0 amide bonds. The van der Waals surface area contributed by atoms with E-state index in [-0.39, 0.29) is 6.61 Å². The van der Waals surface area contributed by atoms with Crippen molar-refractivity contribution in [2.75, 3.05) is 26.8 Å². The molecule has 0 saturated heterocycles. The highest BCUT2D eigenvalue weighted by Crippen LogP contribution is 2.24. The highest BCUT2D eigenvalue weighted by atomic mass is 19.4. The van der Waals surface area contributed by atoms with Gasteiger partial charge >= 0.3 is 6.18 Å². The first-order valence-corrected chi connectivity index (χ1v) is 5.57. The second-order valence-corrected chi connectivity index (χ2v) is 4.10. The zero-order valence-corrected chi connectivity index (χ0v) is 9.83. The Bertz CT molecular complexity index is 264. The van der Waals surface area contributed by atoms with Gasteiger partial charge in [0.15, 0.2) is 5.96 Å². The van der Waals surface area contributed by atoms with Crippen molar-refractivity contribution in [1.82, 2.24) is 4.90 Å². The molecule has 1 saturated carbocycles. The molecule has 1 aliphatic rings. The third kappa shape index (κ3) is 6.35. The number of alkyl halides is 3. The molecule has 0 radical (unpaired) electrons. The molecule has 1 aliphatic carbocycles. The van der Waals surface area contributed by atoms with Crippen LogP contribution in [0.4, 0.5) is 13.2 Å². The minimum absolute atomic E-state index is 0.0451. The number of nitrogens with zero attached hydrogens (tertiary/aromatic N) is 2. The van der Waals surface area contributed by atoms with Gasteiger partial charge in [0.05, 0.1) is 0 Å². The fraction of sp³-hybridized carbons (Fsp3) is 0.900. The van der Waals surface area contributed by atoms with Gasteiger partial charge in [0.2, 0.25) is 0 Å². The number of hydrogen-bond acceptors (Lipinski definition) is 2. The lowest BCUT2D eigenvalue weighted by Gasteiger charge is -2.16. The summed E-state index contributed by atoms with van der Waals surface area (Å²) in [4.78, 5) is 5.98. The predicted octanol–water partition coefficient (Wildman–Crippen LogP) is 1.36. The van der Waals surface area contributed by atoms with Crippen molar-refractivity contribution in [2.45, 2.75) is 31.5 Å². The Morgan fingerprint density at radius 2 is 2.12 bits per heavy atom. The topological polar surface area (TPSA) is 50.8 Å². The monoisotopic (exact) mass is 253 g/mol. The molecule has 1 rings (SSSR count). The van der Waals surface area contributed by atoms with Crippen LogP contribution in [-0.4, -0.2) is 49.9 Å². The first-order chi connectivity index (χ1) is 7.90. The standard InChI is InChI=1S/C10H18F3N3O/c1-16(8-3-4-8)9(14)15-5-2-6-17-7-10(11,12)13/h8H,2-7H2,1H3,(H2,14,15).